The van der Waals surface area contributed by atoms with Crippen LogP contribution >= 0.6 is 0 Å². The molecule has 2 heterocycles. The van der Waals surface area contributed by atoms with Gasteiger partial charge in [-0.25, -0.2) is 0 Å². The van der Waals surface area contributed by atoms with Gasteiger partial charge in [0, 0.05) is 29.8 Å². The molecule has 0 atom stereocenters. The molecule has 3 aromatic rings. The molecule has 2 aromatic carbocycles. The topological polar surface area (TPSA) is 65.4 Å². The number of nitrogens with one attached hydrogen (secondary N) is 1. The van der Waals surface area contributed by atoms with Crippen LogP contribution in [0.25, 0.3) is 0 Å². The van der Waals surface area contributed by atoms with E-state index in [4.69, 9.17) is 9.47 Å². The number of rotatable bonds is 6. The summed E-state index contributed by atoms with van der Waals surface area (Å²) in [7, 11) is 0. The number of fused-ring (bicyclic) bond motifs is 1. The minimum atomic E-state index is -0.106. The Kier molecular flexibility index (Phi) is 5.16. The second kappa shape index (κ2) is 8.05. The highest BCUT2D eigenvalue weighted by Crippen LogP contribution is 2.21. The summed E-state index contributed by atoms with van der Waals surface area (Å²) in [5.74, 6) is 1.36. The van der Waals surface area contributed by atoms with Gasteiger partial charge in [-0.3, -0.25) is 9.48 Å². The molecule has 1 aliphatic heterocycles. The first-order chi connectivity index (χ1) is 13.3. The molecule has 1 amide bonds. The molecule has 0 spiro atoms. The largest absolute Gasteiger partial charge is 0.457 e. The van der Waals surface area contributed by atoms with Crippen molar-refractivity contribution >= 4 is 5.91 Å². The minimum Gasteiger partial charge on any atom is -0.457 e. The molecule has 138 valence electrons. The highest BCUT2D eigenvalue weighted by atomic mass is 16.5. The molecule has 0 unspecified atom stereocenters. The predicted molar refractivity (Wildman–Crippen MR) is 101 cm³/mol. The Morgan fingerprint density at radius 2 is 1.89 bits per heavy atom. The highest BCUT2D eigenvalue weighted by Gasteiger charge is 2.15. The maximum atomic E-state index is 12.3. The Morgan fingerprint density at radius 1 is 1.11 bits per heavy atom. The molecular weight excluding hydrogens is 342 g/mol. The molecular formula is C21H21N3O3. The number of hydrogen-bond acceptors (Lipinski definition) is 4. The van der Waals surface area contributed by atoms with Crippen LogP contribution in [0.2, 0.25) is 0 Å². The lowest BCUT2D eigenvalue weighted by molar-refractivity contribution is 0.0950. The molecule has 0 saturated heterocycles. The van der Waals surface area contributed by atoms with Gasteiger partial charge in [0.25, 0.3) is 5.91 Å². The lowest BCUT2D eigenvalue weighted by atomic mass is 10.2. The highest BCUT2D eigenvalue weighted by molar-refractivity contribution is 5.94. The maximum absolute atomic E-state index is 12.3. The number of hydrogen-bond donors (Lipinski definition) is 1. The molecule has 0 fully saturated rings. The van der Waals surface area contributed by atoms with Gasteiger partial charge < -0.3 is 14.8 Å². The summed E-state index contributed by atoms with van der Waals surface area (Å²) in [6.45, 7) is 2.52. The van der Waals surface area contributed by atoms with Crippen LogP contribution < -0.4 is 10.1 Å². The zero-order valence-electron chi connectivity index (χ0n) is 14.9. The minimum absolute atomic E-state index is 0.106. The van der Waals surface area contributed by atoms with Crippen molar-refractivity contribution < 1.29 is 14.3 Å². The van der Waals surface area contributed by atoms with Gasteiger partial charge >= 0.3 is 0 Å². The average molecular weight is 363 g/mol. The molecule has 0 saturated carbocycles. The van der Waals surface area contributed by atoms with Crippen LogP contribution in [0.15, 0.2) is 60.8 Å². The van der Waals surface area contributed by atoms with Crippen LogP contribution in [0.4, 0.5) is 0 Å². The first-order valence-electron chi connectivity index (χ1n) is 9.02. The van der Waals surface area contributed by atoms with Crippen molar-refractivity contribution in [1.82, 2.24) is 15.1 Å². The molecule has 1 N–H and O–H groups in total. The second-order valence-corrected chi connectivity index (χ2v) is 6.34. The first kappa shape index (κ1) is 17.3. The summed E-state index contributed by atoms with van der Waals surface area (Å²) in [4.78, 5) is 12.3. The number of nitrogens with zero attached hydrogens (tertiary/aromatic N) is 2. The first-order valence-corrected chi connectivity index (χ1v) is 9.02. The lowest BCUT2D eigenvalue weighted by Crippen LogP contribution is -2.28. The van der Waals surface area contributed by atoms with E-state index in [0.717, 1.165) is 24.3 Å². The van der Waals surface area contributed by atoms with Gasteiger partial charge in [0.15, 0.2) is 0 Å². The number of carbonyl (C=O) groups excluding carboxylic acids is 1. The van der Waals surface area contributed by atoms with Gasteiger partial charge in [-0.2, -0.15) is 5.10 Å². The van der Waals surface area contributed by atoms with Gasteiger partial charge in [-0.1, -0.05) is 18.2 Å². The third-order valence-corrected chi connectivity index (χ3v) is 4.48. The van der Waals surface area contributed by atoms with E-state index in [1.54, 1.807) is 24.3 Å². The summed E-state index contributed by atoms with van der Waals surface area (Å²) < 4.78 is 13.1. The normalized spacial score (nSPS) is 13.0. The maximum Gasteiger partial charge on any atom is 0.251 e. The van der Waals surface area contributed by atoms with E-state index in [2.05, 4.69) is 10.4 Å². The molecule has 27 heavy (non-hydrogen) atoms. The van der Waals surface area contributed by atoms with Crippen molar-refractivity contribution in [2.75, 3.05) is 13.2 Å². The third kappa shape index (κ3) is 4.17. The summed E-state index contributed by atoms with van der Waals surface area (Å²) in [6, 6.07) is 16.7. The summed E-state index contributed by atoms with van der Waals surface area (Å²) >= 11 is 0. The van der Waals surface area contributed by atoms with Gasteiger partial charge in [0.05, 0.1) is 26.0 Å². The molecule has 6 nitrogen and oxygen atoms in total. The summed E-state index contributed by atoms with van der Waals surface area (Å²) in [5, 5.41) is 7.33. The van der Waals surface area contributed by atoms with Gasteiger partial charge in [0.2, 0.25) is 0 Å². The van der Waals surface area contributed by atoms with Crippen molar-refractivity contribution in [3.63, 3.8) is 0 Å². The van der Waals surface area contributed by atoms with Crippen molar-refractivity contribution in [3.8, 4) is 11.5 Å². The van der Waals surface area contributed by atoms with Crippen molar-refractivity contribution in [2.45, 2.75) is 19.6 Å². The Labute approximate surface area is 157 Å². The number of para-hydroxylation sites is 1. The van der Waals surface area contributed by atoms with Gasteiger partial charge in [-0.05, 0) is 36.4 Å². The summed E-state index contributed by atoms with van der Waals surface area (Å²) in [6.07, 6.45) is 2.72. The molecule has 0 bridgehead atoms. The van der Waals surface area contributed by atoms with Crippen LogP contribution in [0.3, 0.4) is 0 Å². The SMILES string of the molecule is O=C(NCCn1ncc2c1CCOC2)c1ccc(Oc2ccccc2)cc1. The summed E-state index contributed by atoms with van der Waals surface area (Å²) in [5.41, 5.74) is 2.95. The number of carbonyl (C=O) groups is 1. The molecule has 0 aliphatic carbocycles. The zero-order chi connectivity index (χ0) is 18.5. The van der Waals surface area contributed by atoms with E-state index < -0.39 is 0 Å². The molecule has 0 radical (unpaired) electrons. The van der Waals surface area contributed by atoms with Crippen molar-refractivity contribution in [3.05, 3.63) is 77.6 Å². The fourth-order valence-corrected chi connectivity index (χ4v) is 3.08. The van der Waals surface area contributed by atoms with E-state index in [0.29, 0.717) is 31.0 Å². The van der Waals surface area contributed by atoms with Crippen LogP contribution in [0, 0.1) is 0 Å². The lowest BCUT2D eigenvalue weighted by Gasteiger charge is -2.14. The smallest absolute Gasteiger partial charge is 0.251 e. The second-order valence-electron chi connectivity index (χ2n) is 6.34. The number of amides is 1. The van der Waals surface area contributed by atoms with Crippen LogP contribution in [0.5, 0.6) is 11.5 Å². The average Bonchev–Trinajstić information content (AvgIpc) is 3.12. The zero-order valence-corrected chi connectivity index (χ0v) is 14.9. The van der Waals surface area contributed by atoms with E-state index in [-0.39, 0.29) is 5.91 Å². The van der Waals surface area contributed by atoms with Crippen molar-refractivity contribution in [2.24, 2.45) is 0 Å². The monoisotopic (exact) mass is 363 g/mol. The quantitative estimate of drug-likeness (QED) is 0.731. The predicted octanol–water partition coefficient (Wildman–Crippen LogP) is 3.18. The fraction of sp³-hybridized carbons (Fsp3) is 0.238. The Balaban J connectivity index is 1.30. The van der Waals surface area contributed by atoms with Crippen LogP contribution in [-0.2, 0) is 24.3 Å². The van der Waals surface area contributed by atoms with E-state index in [9.17, 15) is 4.79 Å². The fourth-order valence-electron chi connectivity index (χ4n) is 3.08. The van der Waals surface area contributed by atoms with Gasteiger partial charge in [0.1, 0.15) is 11.5 Å². The van der Waals surface area contributed by atoms with Gasteiger partial charge in [-0.15, -0.1) is 0 Å². The van der Waals surface area contributed by atoms with E-state index in [1.807, 2.05) is 41.2 Å². The molecule has 4 rings (SSSR count). The van der Waals surface area contributed by atoms with E-state index >= 15 is 0 Å². The Hall–Kier alpha value is -3.12. The van der Waals surface area contributed by atoms with Crippen LogP contribution in [0.1, 0.15) is 21.6 Å². The Morgan fingerprint density at radius 3 is 2.70 bits per heavy atom. The third-order valence-electron chi connectivity index (χ3n) is 4.48. The Bertz CT molecular complexity index is 904. The molecule has 6 heteroatoms. The number of ether oxygens (including phenoxy) is 2. The molecule has 1 aromatic heterocycles. The van der Waals surface area contributed by atoms with Crippen molar-refractivity contribution in [1.29, 1.82) is 0 Å². The number of aromatic nitrogens is 2. The standard InChI is InChI=1S/C21H21N3O3/c25-21(22-11-12-24-20-10-13-26-15-17(20)14-23-24)16-6-8-19(9-7-16)27-18-4-2-1-3-5-18/h1-9,14H,10-13,15H2,(H,22,25). The number of benzene rings is 2. The molecule has 1 aliphatic rings. The van der Waals surface area contributed by atoms with E-state index in [1.165, 1.54) is 5.69 Å². The van der Waals surface area contributed by atoms with Crippen LogP contribution in [-0.4, -0.2) is 28.8 Å².